The van der Waals surface area contributed by atoms with Crippen molar-refractivity contribution >= 4 is 11.7 Å². The number of amides is 1. The summed E-state index contributed by atoms with van der Waals surface area (Å²) in [5, 5.41) is 0. The third-order valence-electron chi connectivity index (χ3n) is 4.55. The van der Waals surface area contributed by atoms with E-state index in [1.54, 1.807) is 0 Å². The van der Waals surface area contributed by atoms with Crippen LogP contribution >= 0.6 is 0 Å². The van der Waals surface area contributed by atoms with Gasteiger partial charge in [-0.2, -0.15) is 0 Å². The fourth-order valence-corrected chi connectivity index (χ4v) is 3.23. The topological polar surface area (TPSA) is 68.3 Å². The van der Waals surface area contributed by atoms with Crippen molar-refractivity contribution in [2.24, 2.45) is 11.7 Å². The number of rotatable bonds is 5. The third kappa shape index (κ3) is 3.35. The van der Waals surface area contributed by atoms with Gasteiger partial charge in [0.2, 0.25) is 5.91 Å². The Morgan fingerprint density at radius 3 is 2.38 bits per heavy atom. The molecule has 0 atom stereocenters. The van der Waals surface area contributed by atoms with Crippen molar-refractivity contribution in [2.45, 2.75) is 40.2 Å². The van der Waals surface area contributed by atoms with E-state index in [0.29, 0.717) is 6.54 Å². The lowest BCUT2D eigenvalue weighted by molar-refractivity contribution is -0.123. The molecule has 1 amide bonds. The van der Waals surface area contributed by atoms with Crippen LogP contribution in [0.5, 0.6) is 0 Å². The van der Waals surface area contributed by atoms with Crippen molar-refractivity contribution in [1.29, 1.82) is 0 Å². The summed E-state index contributed by atoms with van der Waals surface area (Å²) in [5.74, 6) is -0.0747. The Morgan fingerprint density at radius 2 is 1.90 bits per heavy atom. The maximum Gasteiger partial charge on any atom is 0.220 e. The van der Waals surface area contributed by atoms with E-state index in [0.717, 1.165) is 49.4 Å². The number of hydrogen-bond acceptors (Lipinski definition) is 3. The van der Waals surface area contributed by atoms with Crippen LogP contribution in [0.4, 0.5) is 0 Å². The Kier molecular flexibility index (Phi) is 4.83. The Labute approximate surface area is 126 Å². The van der Waals surface area contributed by atoms with Gasteiger partial charge in [-0.3, -0.25) is 14.5 Å². The molecule has 2 N–H and O–H groups in total. The molecule has 1 aliphatic heterocycles. The Balaban J connectivity index is 1.98. The summed E-state index contributed by atoms with van der Waals surface area (Å²) in [6, 6.07) is 1.98. The van der Waals surface area contributed by atoms with Crippen molar-refractivity contribution in [3.63, 3.8) is 0 Å². The number of nitrogens with zero attached hydrogens (tertiary/aromatic N) is 2. The van der Waals surface area contributed by atoms with E-state index >= 15 is 0 Å². The van der Waals surface area contributed by atoms with E-state index in [1.165, 1.54) is 0 Å². The smallest absolute Gasteiger partial charge is 0.220 e. The molecule has 0 aliphatic carbocycles. The highest BCUT2D eigenvalue weighted by atomic mass is 16.1. The third-order valence-corrected chi connectivity index (χ3v) is 4.55. The molecule has 0 saturated carbocycles. The Bertz CT molecular complexity index is 540. The number of aromatic nitrogens is 1. The Hall–Kier alpha value is -1.62. The van der Waals surface area contributed by atoms with Gasteiger partial charge in [0.15, 0.2) is 5.78 Å². The van der Waals surface area contributed by atoms with Gasteiger partial charge in [0.1, 0.15) is 0 Å². The van der Waals surface area contributed by atoms with Crippen molar-refractivity contribution in [3.05, 3.63) is 23.0 Å². The standard InChI is InChI=1S/C16H25N3O2/c1-4-19-11(2)9-14(12(19)3)15(20)10-18-7-5-13(6-8-18)16(17)21/h9,13H,4-8,10H2,1-3H3,(H2,17,21). The number of piperidine rings is 1. The number of carbonyl (C=O) groups excluding carboxylic acids is 2. The molecule has 0 radical (unpaired) electrons. The maximum absolute atomic E-state index is 12.5. The highest BCUT2D eigenvalue weighted by molar-refractivity contribution is 5.99. The molecule has 1 aromatic heterocycles. The number of hydrogen-bond donors (Lipinski definition) is 1. The van der Waals surface area contributed by atoms with Crippen LogP contribution in [0.3, 0.4) is 0 Å². The van der Waals surface area contributed by atoms with E-state index in [2.05, 4.69) is 16.4 Å². The molecule has 21 heavy (non-hydrogen) atoms. The first-order chi connectivity index (χ1) is 9.93. The summed E-state index contributed by atoms with van der Waals surface area (Å²) in [6.45, 7) is 8.98. The molecule has 0 aromatic carbocycles. The number of carbonyl (C=O) groups is 2. The first-order valence-electron chi connectivity index (χ1n) is 7.65. The molecule has 2 rings (SSSR count). The zero-order chi connectivity index (χ0) is 15.6. The first-order valence-corrected chi connectivity index (χ1v) is 7.65. The van der Waals surface area contributed by atoms with Crippen LogP contribution in [0.2, 0.25) is 0 Å². The highest BCUT2D eigenvalue weighted by Gasteiger charge is 2.25. The van der Waals surface area contributed by atoms with Crippen molar-refractivity contribution in [3.8, 4) is 0 Å². The quantitative estimate of drug-likeness (QED) is 0.836. The van der Waals surface area contributed by atoms with E-state index < -0.39 is 0 Å². The molecule has 1 fully saturated rings. The summed E-state index contributed by atoms with van der Waals surface area (Å²) < 4.78 is 2.16. The van der Waals surface area contributed by atoms with E-state index in [1.807, 2.05) is 19.9 Å². The van der Waals surface area contributed by atoms with Gasteiger partial charge in [-0.15, -0.1) is 0 Å². The summed E-state index contributed by atoms with van der Waals surface area (Å²) in [5.41, 5.74) is 8.34. The normalized spacial score (nSPS) is 17.1. The largest absolute Gasteiger partial charge is 0.369 e. The van der Waals surface area contributed by atoms with Crippen LogP contribution in [-0.4, -0.2) is 40.8 Å². The van der Waals surface area contributed by atoms with Crippen LogP contribution in [0.25, 0.3) is 0 Å². The molecule has 0 spiro atoms. The summed E-state index contributed by atoms with van der Waals surface area (Å²) in [6.07, 6.45) is 1.52. The number of ketones is 1. The Morgan fingerprint density at radius 1 is 1.29 bits per heavy atom. The van der Waals surface area contributed by atoms with Crippen LogP contribution in [0.15, 0.2) is 6.07 Å². The van der Waals surface area contributed by atoms with Gasteiger partial charge >= 0.3 is 0 Å². The second kappa shape index (κ2) is 6.43. The molecule has 5 heteroatoms. The van der Waals surface area contributed by atoms with Crippen LogP contribution < -0.4 is 5.73 Å². The van der Waals surface area contributed by atoms with E-state index in [-0.39, 0.29) is 17.6 Å². The average molecular weight is 291 g/mol. The minimum absolute atomic E-state index is 0.0264. The number of nitrogens with two attached hydrogens (primary N) is 1. The molecule has 2 heterocycles. The SMILES string of the molecule is CCn1c(C)cc(C(=O)CN2CCC(C(N)=O)CC2)c1C. The molecule has 0 unspecified atom stereocenters. The number of primary amides is 1. The van der Waals surface area contributed by atoms with Gasteiger partial charge in [0.25, 0.3) is 0 Å². The van der Waals surface area contributed by atoms with Crippen molar-refractivity contribution in [2.75, 3.05) is 19.6 Å². The monoisotopic (exact) mass is 291 g/mol. The molecule has 0 bridgehead atoms. The molecule has 1 aromatic rings. The van der Waals surface area contributed by atoms with E-state index in [9.17, 15) is 9.59 Å². The second-order valence-corrected chi connectivity index (χ2v) is 5.91. The molecule has 116 valence electrons. The van der Waals surface area contributed by atoms with Gasteiger partial charge in [-0.05, 0) is 52.8 Å². The molecule has 1 saturated heterocycles. The molecule has 5 nitrogen and oxygen atoms in total. The number of aryl methyl sites for hydroxylation is 1. The van der Waals surface area contributed by atoms with Gasteiger partial charge < -0.3 is 10.3 Å². The maximum atomic E-state index is 12.5. The lowest BCUT2D eigenvalue weighted by Gasteiger charge is -2.29. The van der Waals surface area contributed by atoms with Crippen LogP contribution in [0, 0.1) is 19.8 Å². The summed E-state index contributed by atoms with van der Waals surface area (Å²) in [4.78, 5) is 25.8. The van der Waals surface area contributed by atoms with Gasteiger partial charge in [-0.25, -0.2) is 0 Å². The molecule has 1 aliphatic rings. The van der Waals surface area contributed by atoms with Gasteiger partial charge in [-0.1, -0.05) is 0 Å². The first kappa shape index (κ1) is 15.8. The second-order valence-electron chi connectivity index (χ2n) is 5.91. The predicted octanol–water partition coefficient (Wildman–Crippen LogP) is 1.50. The van der Waals surface area contributed by atoms with Crippen LogP contribution in [-0.2, 0) is 11.3 Å². The van der Waals surface area contributed by atoms with Gasteiger partial charge in [0.05, 0.1) is 6.54 Å². The average Bonchev–Trinajstić information content (AvgIpc) is 2.74. The van der Waals surface area contributed by atoms with E-state index in [4.69, 9.17) is 5.73 Å². The highest BCUT2D eigenvalue weighted by Crippen LogP contribution is 2.19. The predicted molar refractivity (Wildman–Crippen MR) is 82.3 cm³/mol. The fourth-order valence-electron chi connectivity index (χ4n) is 3.23. The van der Waals surface area contributed by atoms with Crippen LogP contribution in [0.1, 0.15) is 41.5 Å². The van der Waals surface area contributed by atoms with Crippen molar-refractivity contribution < 1.29 is 9.59 Å². The minimum Gasteiger partial charge on any atom is -0.369 e. The minimum atomic E-state index is -0.215. The number of Topliss-reactive ketones (excluding diaryl/α,β-unsaturated/α-hetero) is 1. The van der Waals surface area contributed by atoms with Crippen molar-refractivity contribution in [1.82, 2.24) is 9.47 Å². The lowest BCUT2D eigenvalue weighted by Crippen LogP contribution is -2.40. The molecular formula is C16H25N3O2. The summed E-state index contributed by atoms with van der Waals surface area (Å²) >= 11 is 0. The number of likely N-dealkylation sites (tertiary alicyclic amines) is 1. The zero-order valence-corrected chi connectivity index (χ0v) is 13.2. The van der Waals surface area contributed by atoms with Gasteiger partial charge in [0, 0.05) is 29.4 Å². The fraction of sp³-hybridized carbons (Fsp3) is 0.625. The summed E-state index contributed by atoms with van der Waals surface area (Å²) in [7, 11) is 0. The molecular weight excluding hydrogens is 266 g/mol. The lowest BCUT2D eigenvalue weighted by atomic mass is 9.96. The zero-order valence-electron chi connectivity index (χ0n) is 13.2.